The van der Waals surface area contributed by atoms with Crippen molar-refractivity contribution in [3.8, 4) is 6.07 Å². The molecule has 2 N–H and O–H groups in total. The van der Waals surface area contributed by atoms with Crippen LogP contribution in [0.15, 0.2) is 22.7 Å². The summed E-state index contributed by atoms with van der Waals surface area (Å²) in [4.78, 5) is 0. The van der Waals surface area contributed by atoms with Crippen molar-refractivity contribution >= 4 is 21.6 Å². The minimum atomic E-state index is 0.639. The van der Waals surface area contributed by atoms with Gasteiger partial charge in [0.05, 0.1) is 11.3 Å². The molecule has 0 aromatic heterocycles. The van der Waals surface area contributed by atoms with Crippen LogP contribution in [0, 0.1) is 11.3 Å². The lowest BCUT2D eigenvalue weighted by atomic mass is 10.1. The molecule has 1 saturated heterocycles. The highest BCUT2D eigenvalue weighted by atomic mass is 79.9. The Labute approximate surface area is 110 Å². The third-order valence-corrected chi connectivity index (χ3v) is 3.76. The SMILES string of the molecule is N#Cc1c(Br)cccc1NCCC1CCCN1. The molecule has 4 heteroatoms. The fourth-order valence-corrected chi connectivity index (χ4v) is 2.62. The van der Waals surface area contributed by atoms with E-state index in [0.717, 1.165) is 29.7 Å². The molecule has 3 nitrogen and oxygen atoms in total. The Morgan fingerprint density at radius 3 is 3.12 bits per heavy atom. The van der Waals surface area contributed by atoms with Crippen molar-refractivity contribution in [3.05, 3.63) is 28.2 Å². The number of hydrogen-bond donors (Lipinski definition) is 2. The molecule has 0 saturated carbocycles. The van der Waals surface area contributed by atoms with Gasteiger partial charge in [0.25, 0.3) is 0 Å². The minimum Gasteiger partial charge on any atom is -0.384 e. The second kappa shape index (κ2) is 6.04. The molecule has 1 aliphatic rings. The van der Waals surface area contributed by atoms with Crippen LogP contribution in [0.2, 0.25) is 0 Å². The number of halogens is 1. The van der Waals surface area contributed by atoms with Gasteiger partial charge in [0.1, 0.15) is 6.07 Å². The van der Waals surface area contributed by atoms with Gasteiger partial charge in [0.15, 0.2) is 0 Å². The molecule has 2 rings (SSSR count). The molecule has 1 atom stereocenters. The van der Waals surface area contributed by atoms with Gasteiger partial charge in [-0.05, 0) is 53.9 Å². The highest BCUT2D eigenvalue weighted by Crippen LogP contribution is 2.23. The molecule has 0 bridgehead atoms. The lowest BCUT2D eigenvalue weighted by Crippen LogP contribution is -2.24. The lowest BCUT2D eigenvalue weighted by Gasteiger charge is -2.12. The van der Waals surface area contributed by atoms with Gasteiger partial charge in [-0.15, -0.1) is 0 Å². The van der Waals surface area contributed by atoms with Crippen molar-refractivity contribution < 1.29 is 0 Å². The van der Waals surface area contributed by atoms with E-state index in [-0.39, 0.29) is 0 Å². The summed E-state index contributed by atoms with van der Waals surface area (Å²) in [5.74, 6) is 0. The zero-order valence-corrected chi connectivity index (χ0v) is 11.3. The van der Waals surface area contributed by atoms with Crippen molar-refractivity contribution in [1.29, 1.82) is 5.26 Å². The summed E-state index contributed by atoms with van der Waals surface area (Å²) in [5, 5.41) is 15.9. The molecule has 1 heterocycles. The number of anilines is 1. The maximum atomic E-state index is 9.08. The second-order valence-electron chi connectivity index (χ2n) is 4.28. The molecule has 0 aliphatic carbocycles. The fourth-order valence-electron chi connectivity index (χ4n) is 2.17. The fraction of sp³-hybridized carbons (Fsp3) is 0.462. The van der Waals surface area contributed by atoms with Gasteiger partial charge < -0.3 is 10.6 Å². The van der Waals surface area contributed by atoms with Crippen LogP contribution in [0.1, 0.15) is 24.8 Å². The monoisotopic (exact) mass is 293 g/mol. The summed E-state index contributed by atoms with van der Waals surface area (Å²) in [6.45, 7) is 2.05. The lowest BCUT2D eigenvalue weighted by molar-refractivity contribution is 0.574. The predicted molar refractivity (Wildman–Crippen MR) is 73.0 cm³/mol. The van der Waals surface area contributed by atoms with E-state index in [9.17, 15) is 0 Å². The van der Waals surface area contributed by atoms with E-state index < -0.39 is 0 Å². The molecule has 1 aliphatic heterocycles. The van der Waals surface area contributed by atoms with Gasteiger partial charge in [0.2, 0.25) is 0 Å². The third kappa shape index (κ3) is 3.21. The average Bonchev–Trinajstić information content (AvgIpc) is 2.82. The molecular formula is C13H16BrN3. The summed E-state index contributed by atoms with van der Waals surface area (Å²) in [6, 6.07) is 8.64. The van der Waals surface area contributed by atoms with Crippen LogP contribution in [0.25, 0.3) is 0 Å². The normalized spacial score (nSPS) is 18.9. The first-order valence-electron chi connectivity index (χ1n) is 5.97. The molecule has 0 radical (unpaired) electrons. The molecule has 17 heavy (non-hydrogen) atoms. The van der Waals surface area contributed by atoms with Gasteiger partial charge in [-0.25, -0.2) is 0 Å². The first-order valence-corrected chi connectivity index (χ1v) is 6.76. The molecule has 0 amide bonds. The van der Waals surface area contributed by atoms with Crippen LogP contribution < -0.4 is 10.6 Å². The summed E-state index contributed by atoms with van der Waals surface area (Å²) in [5.41, 5.74) is 1.60. The molecule has 1 fully saturated rings. The number of nitrogens with one attached hydrogen (secondary N) is 2. The highest BCUT2D eigenvalue weighted by Gasteiger charge is 2.13. The van der Waals surface area contributed by atoms with Crippen LogP contribution in [-0.4, -0.2) is 19.1 Å². The van der Waals surface area contributed by atoms with Crippen molar-refractivity contribution in [2.24, 2.45) is 0 Å². The van der Waals surface area contributed by atoms with Crippen LogP contribution >= 0.6 is 15.9 Å². The average molecular weight is 294 g/mol. The van der Waals surface area contributed by atoms with Crippen molar-refractivity contribution in [2.45, 2.75) is 25.3 Å². The largest absolute Gasteiger partial charge is 0.384 e. The minimum absolute atomic E-state index is 0.639. The van der Waals surface area contributed by atoms with E-state index in [1.165, 1.54) is 12.8 Å². The molecular weight excluding hydrogens is 278 g/mol. The van der Waals surface area contributed by atoms with E-state index in [1.807, 2.05) is 18.2 Å². The van der Waals surface area contributed by atoms with Crippen LogP contribution in [0.3, 0.4) is 0 Å². The number of nitrogens with zero attached hydrogens (tertiary/aromatic N) is 1. The summed E-state index contributed by atoms with van der Waals surface area (Å²) < 4.78 is 0.851. The topological polar surface area (TPSA) is 47.9 Å². The Bertz CT molecular complexity index is 419. The molecule has 1 unspecified atom stereocenters. The number of rotatable bonds is 4. The van der Waals surface area contributed by atoms with Gasteiger partial charge >= 0.3 is 0 Å². The Hall–Kier alpha value is -1.05. The summed E-state index contributed by atoms with van der Waals surface area (Å²) in [6.07, 6.45) is 3.66. The third-order valence-electron chi connectivity index (χ3n) is 3.10. The number of nitriles is 1. The maximum absolute atomic E-state index is 9.08. The van der Waals surface area contributed by atoms with Crippen molar-refractivity contribution in [3.63, 3.8) is 0 Å². The van der Waals surface area contributed by atoms with E-state index in [4.69, 9.17) is 5.26 Å². The zero-order chi connectivity index (χ0) is 12.1. The van der Waals surface area contributed by atoms with E-state index >= 15 is 0 Å². The van der Waals surface area contributed by atoms with Crippen LogP contribution in [0.4, 0.5) is 5.69 Å². The summed E-state index contributed by atoms with van der Waals surface area (Å²) >= 11 is 3.39. The Morgan fingerprint density at radius 1 is 1.53 bits per heavy atom. The van der Waals surface area contributed by atoms with Gasteiger partial charge in [-0.3, -0.25) is 0 Å². The molecule has 1 aromatic rings. The Morgan fingerprint density at radius 2 is 2.41 bits per heavy atom. The van der Waals surface area contributed by atoms with Crippen molar-refractivity contribution in [2.75, 3.05) is 18.4 Å². The zero-order valence-electron chi connectivity index (χ0n) is 9.67. The Kier molecular flexibility index (Phi) is 4.41. The first kappa shape index (κ1) is 12.4. The molecule has 1 aromatic carbocycles. The maximum Gasteiger partial charge on any atom is 0.103 e. The van der Waals surface area contributed by atoms with E-state index in [2.05, 4.69) is 32.6 Å². The first-order chi connectivity index (χ1) is 8.31. The van der Waals surface area contributed by atoms with E-state index in [0.29, 0.717) is 11.6 Å². The summed E-state index contributed by atoms with van der Waals surface area (Å²) in [7, 11) is 0. The standard InChI is InChI=1S/C13H16BrN3/c14-12-4-1-5-13(11(12)9-15)17-8-6-10-3-2-7-16-10/h1,4-5,10,16-17H,2-3,6-8H2. The van der Waals surface area contributed by atoms with Gasteiger partial charge in [0, 0.05) is 17.1 Å². The van der Waals surface area contributed by atoms with E-state index in [1.54, 1.807) is 0 Å². The Balaban J connectivity index is 1.90. The highest BCUT2D eigenvalue weighted by molar-refractivity contribution is 9.10. The van der Waals surface area contributed by atoms with Crippen LogP contribution in [-0.2, 0) is 0 Å². The second-order valence-corrected chi connectivity index (χ2v) is 5.14. The molecule has 90 valence electrons. The quantitative estimate of drug-likeness (QED) is 0.897. The van der Waals surface area contributed by atoms with Gasteiger partial charge in [-0.1, -0.05) is 6.07 Å². The van der Waals surface area contributed by atoms with Crippen LogP contribution in [0.5, 0.6) is 0 Å². The van der Waals surface area contributed by atoms with Gasteiger partial charge in [-0.2, -0.15) is 5.26 Å². The van der Waals surface area contributed by atoms with Crippen molar-refractivity contribution in [1.82, 2.24) is 5.32 Å². The number of hydrogen-bond acceptors (Lipinski definition) is 3. The smallest absolute Gasteiger partial charge is 0.103 e. The molecule has 0 spiro atoms. The number of benzene rings is 1. The predicted octanol–water partition coefficient (Wildman–Crippen LogP) is 2.87.